The molecule has 0 spiro atoms. The number of nitrogens with zero attached hydrogens (tertiary/aromatic N) is 1. The molecule has 4 aromatic carbocycles. The molecule has 2 amide bonds. The lowest BCUT2D eigenvalue weighted by molar-refractivity contribution is -0.140. The fourth-order valence-corrected chi connectivity index (χ4v) is 9.59. The lowest BCUT2D eigenvalue weighted by Crippen LogP contribution is -2.59. The number of fused-ring (bicyclic) bond motifs is 4. The number of carbonyl (C=O) groups is 4. The molecule has 6 atom stereocenters. The third kappa shape index (κ3) is 5.28. The first-order chi connectivity index (χ1) is 25.7. The van der Waals surface area contributed by atoms with Crippen LogP contribution in [-0.4, -0.2) is 59.3 Å². The van der Waals surface area contributed by atoms with Crippen molar-refractivity contribution >= 4 is 29.0 Å². The SMILES string of the molecule is COc1cc(O)cc(OC)c1[C@H]1C2=CC[C@@H]3C(=O)N(CCc4ccc(O)cc4)C(=O)[C@@H]3[C@@H]2C[C@H]2C(=O)C(c3ccccc3)=CC(=O)[C@@]12c1ccccc1. The van der Waals surface area contributed by atoms with Crippen LogP contribution in [0.1, 0.15) is 41.0 Å². The standard InChI is InChI=1S/C44H39NO8/c1-52-35-21-29(47)22-36(53-2)39(35)40-30-17-18-31-38(43(51)45(42(31)50)20-19-25-13-15-28(46)16-14-25)33(30)23-34-41(49)32(26-9-5-3-6-10-26)24-37(48)44(34,40)27-11-7-4-8-12-27/h3-17,21-22,24,31,33-34,38,40,46-47H,18-20,23H2,1-2H3/t31-,33+,34-,38-,40+,44-/m0/s1. The molecule has 4 aliphatic rings. The van der Waals surface area contributed by atoms with Gasteiger partial charge in [0.2, 0.25) is 11.8 Å². The molecule has 0 bridgehead atoms. The van der Waals surface area contributed by atoms with Crippen LogP contribution in [0.15, 0.2) is 115 Å². The zero-order valence-corrected chi connectivity index (χ0v) is 29.4. The Balaban J connectivity index is 1.33. The Morgan fingerprint density at radius 3 is 2.06 bits per heavy atom. The number of ketones is 2. The molecule has 1 saturated carbocycles. The Morgan fingerprint density at radius 2 is 1.42 bits per heavy atom. The second-order valence-corrected chi connectivity index (χ2v) is 14.3. The van der Waals surface area contributed by atoms with Crippen molar-refractivity contribution in [2.45, 2.75) is 30.6 Å². The number of Topliss-reactive ketones (excluding diaryl/α,β-unsaturated/α-hetero) is 1. The van der Waals surface area contributed by atoms with Gasteiger partial charge in [0.25, 0.3) is 0 Å². The van der Waals surface area contributed by atoms with Gasteiger partial charge in [-0.15, -0.1) is 0 Å². The Hall–Kier alpha value is -5.96. The Labute approximate surface area is 307 Å². The predicted molar refractivity (Wildman–Crippen MR) is 196 cm³/mol. The van der Waals surface area contributed by atoms with E-state index in [-0.39, 0.29) is 65.8 Å². The summed E-state index contributed by atoms with van der Waals surface area (Å²) < 4.78 is 11.8. The number of likely N-dealkylation sites (tertiary alicyclic amines) is 1. The number of methoxy groups -OCH3 is 2. The van der Waals surface area contributed by atoms with E-state index in [1.807, 2.05) is 66.7 Å². The number of phenolic OH excluding ortho intramolecular Hbond substituents is 2. The summed E-state index contributed by atoms with van der Waals surface area (Å²) in [4.78, 5) is 60.4. The first-order valence-electron chi connectivity index (χ1n) is 17.9. The number of rotatable bonds is 8. The molecule has 1 heterocycles. The number of imide groups is 1. The van der Waals surface area contributed by atoms with Gasteiger partial charge >= 0.3 is 0 Å². The number of hydrogen-bond donors (Lipinski definition) is 2. The highest BCUT2D eigenvalue weighted by Crippen LogP contribution is 2.65. The fraction of sp³-hybridized carbons (Fsp3) is 0.273. The molecular weight excluding hydrogens is 670 g/mol. The normalized spacial score (nSPS) is 26.3. The van der Waals surface area contributed by atoms with Crippen molar-refractivity contribution in [3.63, 3.8) is 0 Å². The van der Waals surface area contributed by atoms with Crippen LogP contribution in [0.5, 0.6) is 23.0 Å². The first-order valence-corrected chi connectivity index (χ1v) is 17.9. The van der Waals surface area contributed by atoms with E-state index in [9.17, 15) is 19.8 Å². The molecule has 9 heteroatoms. The molecule has 1 saturated heterocycles. The first kappa shape index (κ1) is 34.1. The molecule has 3 aliphatic carbocycles. The van der Waals surface area contributed by atoms with E-state index in [0.29, 0.717) is 28.7 Å². The molecule has 8 rings (SSSR count). The van der Waals surface area contributed by atoms with Crippen LogP contribution < -0.4 is 9.47 Å². The number of phenols is 2. The van der Waals surface area contributed by atoms with E-state index in [4.69, 9.17) is 9.47 Å². The van der Waals surface area contributed by atoms with E-state index in [0.717, 1.165) is 11.1 Å². The Kier molecular flexibility index (Phi) is 8.52. The third-order valence-electron chi connectivity index (χ3n) is 11.8. The minimum absolute atomic E-state index is 0.101. The van der Waals surface area contributed by atoms with Gasteiger partial charge < -0.3 is 19.7 Å². The molecule has 0 radical (unpaired) electrons. The summed E-state index contributed by atoms with van der Waals surface area (Å²) in [5.41, 5.74) is 2.22. The molecule has 2 fully saturated rings. The van der Waals surface area contributed by atoms with Gasteiger partial charge in [0, 0.05) is 41.6 Å². The van der Waals surface area contributed by atoms with Gasteiger partial charge in [0.1, 0.15) is 23.0 Å². The molecule has 0 aromatic heterocycles. The summed E-state index contributed by atoms with van der Waals surface area (Å²) in [6.07, 6.45) is 4.32. The minimum Gasteiger partial charge on any atom is -0.508 e. The van der Waals surface area contributed by atoms with Crippen molar-refractivity contribution in [2.24, 2.45) is 23.7 Å². The van der Waals surface area contributed by atoms with Gasteiger partial charge in [-0.2, -0.15) is 0 Å². The largest absolute Gasteiger partial charge is 0.508 e. The maximum absolute atomic E-state index is 15.3. The number of hydrogen-bond acceptors (Lipinski definition) is 8. The smallest absolute Gasteiger partial charge is 0.233 e. The van der Waals surface area contributed by atoms with Gasteiger partial charge in [-0.25, -0.2) is 0 Å². The van der Waals surface area contributed by atoms with E-state index in [2.05, 4.69) is 0 Å². The number of allylic oxidation sites excluding steroid dienone is 4. The maximum Gasteiger partial charge on any atom is 0.233 e. The monoisotopic (exact) mass is 709 g/mol. The van der Waals surface area contributed by atoms with E-state index < -0.39 is 35.0 Å². The molecule has 9 nitrogen and oxygen atoms in total. The van der Waals surface area contributed by atoms with Crippen LogP contribution in [0.3, 0.4) is 0 Å². The topological polar surface area (TPSA) is 130 Å². The second kappa shape index (κ2) is 13.2. The number of ether oxygens (including phenoxy) is 2. The summed E-state index contributed by atoms with van der Waals surface area (Å²) in [6.45, 7) is 0.177. The lowest BCUT2D eigenvalue weighted by Gasteiger charge is -2.55. The maximum atomic E-state index is 15.3. The minimum atomic E-state index is -1.48. The molecule has 53 heavy (non-hydrogen) atoms. The number of benzene rings is 4. The van der Waals surface area contributed by atoms with E-state index >= 15 is 9.59 Å². The van der Waals surface area contributed by atoms with Gasteiger partial charge in [0.15, 0.2) is 11.6 Å². The highest BCUT2D eigenvalue weighted by Gasteiger charge is 2.66. The van der Waals surface area contributed by atoms with Crippen molar-refractivity contribution < 1.29 is 38.9 Å². The van der Waals surface area contributed by atoms with Crippen molar-refractivity contribution in [2.75, 3.05) is 20.8 Å². The zero-order chi connectivity index (χ0) is 37.0. The zero-order valence-electron chi connectivity index (χ0n) is 29.4. The molecule has 268 valence electrons. The molecule has 2 N–H and O–H groups in total. The summed E-state index contributed by atoms with van der Waals surface area (Å²) in [6, 6.07) is 28.0. The van der Waals surface area contributed by atoms with Gasteiger partial charge in [-0.3, -0.25) is 24.1 Å². The van der Waals surface area contributed by atoms with Crippen LogP contribution in [-0.2, 0) is 31.0 Å². The van der Waals surface area contributed by atoms with Crippen LogP contribution in [0.2, 0.25) is 0 Å². The van der Waals surface area contributed by atoms with Crippen LogP contribution in [0, 0.1) is 23.7 Å². The van der Waals surface area contributed by atoms with E-state index in [1.165, 1.54) is 37.3 Å². The van der Waals surface area contributed by atoms with Gasteiger partial charge in [-0.05, 0) is 60.1 Å². The third-order valence-corrected chi connectivity index (χ3v) is 11.8. The average Bonchev–Trinajstić information content (AvgIpc) is 3.43. The van der Waals surface area contributed by atoms with Crippen molar-refractivity contribution in [3.05, 3.63) is 137 Å². The van der Waals surface area contributed by atoms with Gasteiger partial charge in [-0.1, -0.05) is 84.4 Å². The van der Waals surface area contributed by atoms with Crippen molar-refractivity contribution in [1.82, 2.24) is 4.90 Å². The van der Waals surface area contributed by atoms with Crippen molar-refractivity contribution in [1.29, 1.82) is 0 Å². The Bertz CT molecular complexity index is 2170. The van der Waals surface area contributed by atoms with Crippen molar-refractivity contribution in [3.8, 4) is 23.0 Å². The fourth-order valence-electron chi connectivity index (χ4n) is 9.59. The predicted octanol–water partition coefficient (Wildman–Crippen LogP) is 6.18. The summed E-state index contributed by atoms with van der Waals surface area (Å²) >= 11 is 0. The highest BCUT2D eigenvalue weighted by atomic mass is 16.5. The lowest BCUT2D eigenvalue weighted by atomic mass is 9.44. The number of aromatic hydroxyl groups is 2. The average molecular weight is 710 g/mol. The highest BCUT2D eigenvalue weighted by molar-refractivity contribution is 6.31. The number of amides is 2. The van der Waals surface area contributed by atoms with Crippen LogP contribution >= 0.6 is 0 Å². The summed E-state index contributed by atoms with van der Waals surface area (Å²) in [5, 5.41) is 20.5. The quantitative estimate of drug-likeness (QED) is 0.164. The molecular formula is C44H39NO8. The molecule has 4 aromatic rings. The Morgan fingerprint density at radius 1 is 0.774 bits per heavy atom. The van der Waals surface area contributed by atoms with Crippen LogP contribution in [0.4, 0.5) is 0 Å². The second-order valence-electron chi connectivity index (χ2n) is 14.3. The number of carbonyl (C=O) groups excluding carboxylic acids is 4. The van der Waals surface area contributed by atoms with E-state index in [1.54, 1.807) is 24.3 Å². The molecule has 1 aliphatic heterocycles. The summed E-state index contributed by atoms with van der Waals surface area (Å²) in [7, 11) is 2.95. The summed E-state index contributed by atoms with van der Waals surface area (Å²) in [5.74, 6) is -4.18. The van der Waals surface area contributed by atoms with Gasteiger partial charge in [0.05, 0.1) is 31.5 Å². The molecule has 0 unspecified atom stereocenters. The van der Waals surface area contributed by atoms with Crippen LogP contribution in [0.25, 0.3) is 5.57 Å².